The minimum absolute atomic E-state index is 0.147. The standard InChI is InChI=1S/C19H31BBrN5O4/c1-12(2)11-16(20(29)30)26-18(28)15(5-4-10-24-19(22)23-3)25-17(27)13-6-8-14(21)9-7-13/h6-9,12,15-16,29-30H,4-5,10-11H2,1-3H3,(H,25,27)(H,26,28)(H3,22,23,24)/t15-,16-/m0/s1. The van der Waals surface area contributed by atoms with Crippen LogP contribution in [0.2, 0.25) is 0 Å². The normalized spacial score (nSPS) is 13.5. The Bertz CT molecular complexity index is 715. The zero-order chi connectivity index (χ0) is 22.7. The Balaban J connectivity index is 2.85. The summed E-state index contributed by atoms with van der Waals surface area (Å²) in [5.41, 5.74) is 6.01. The van der Waals surface area contributed by atoms with E-state index in [-0.39, 0.29) is 11.9 Å². The molecule has 0 saturated heterocycles. The van der Waals surface area contributed by atoms with Gasteiger partial charge in [-0.3, -0.25) is 14.6 Å². The van der Waals surface area contributed by atoms with E-state index in [2.05, 4.69) is 36.9 Å². The van der Waals surface area contributed by atoms with Gasteiger partial charge in [0.25, 0.3) is 5.91 Å². The van der Waals surface area contributed by atoms with E-state index >= 15 is 0 Å². The summed E-state index contributed by atoms with van der Waals surface area (Å²) in [4.78, 5) is 29.2. The van der Waals surface area contributed by atoms with E-state index in [0.717, 1.165) is 4.47 Å². The van der Waals surface area contributed by atoms with Crippen LogP contribution in [-0.4, -0.2) is 60.5 Å². The molecule has 0 unspecified atom stereocenters. The number of benzene rings is 1. The van der Waals surface area contributed by atoms with Gasteiger partial charge in [-0.1, -0.05) is 29.8 Å². The van der Waals surface area contributed by atoms with Gasteiger partial charge in [-0.25, -0.2) is 0 Å². The molecule has 0 bridgehead atoms. The van der Waals surface area contributed by atoms with Gasteiger partial charge in [-0.05, 0) is 49.4 Å². The van der Waals surface area contributed by atoms with E-state index < -0.39 is 30.9 Å². The summed E-state index contributed by atoms with van der Waals surface area (Å²) in [6.07, 6.45) is 1.25. The Hall–Kier alpha value is -2.11. The van der Waals surface area contributed by atoms with Crippen molar-refractivity contribution in [3.63, 3.8) is 0 Å². The molecule has 1 rings (SSSR count). The molecule has 0 aliphatic rings. The van der Waals surface area contributed by atoms with Crippen molar-refractivity contribution < 1.29 is 19.6 Å². The van der Waals surface area contributed by atoms with Crippen molar-refractivity contribution in [3.05, 3.63) is 34.3 Å². The number of halogens is 1. The number of carbonyl (C=O) groups excluding carboxylic acids is 2. The third-order valence-electron chi connectivity index (χ3n) is 4.36. The van der Waals surface area contributed by atoms with Crippen LogP contribution in [0.25, 0.3) is 0 Å². The SMILES string of the molecule is CN=C(N)NCCC[C@H](NC(=O)c1ccc(Br)cc1)C(=O)N[C@@H](CC(C)C)B(O)O. The molecule has 166 valence electrons. The van der Waals surface area contributed by atoms with Gasteiger partial charge in [0, 0.05) is 23.6 Å². The van der Waals surface area contributed by atoms with Crippen LogP contribution in [0.1, 0.15) is 43.5 Å². The minimum atomic E-state index is -1.69. The third kappa shape index (κ3) is 9.60. The Labute approximate surface area is 186 Å². The Morgan fingerprint density at radius 1 is 1.20 bits per heavy atom. The lowest BCUT2D eigenvalue weighted by atomic mass is 9.75. The number of carbonyl (C=O) groups is 2. The average Bonchev–Trinajstić information content (AvgIpc) is 2.69. The lowest BCUT2D eigenvalue weighted by Crippen LogP contribution is -2.54. The van der Waals surface area contributed by atoms with Gasteiger partial charge >= 0.3 is 7.12 Å². The summed E-state index contributed by atoms with van der Waals surface area (Å²) >= 11 is 3.32. The number of hydrogen-bond donors (Lipinski definition) is 6. The van der Waals surface area contributed by atoms with Crippen molar-refractivity contribution in [3.8, 4) is 0 Å². The molecule has 9 nitrogen and oxygen atoms in total. The van der Waals surface area contributed by atoms with E-state index in [1.165, 1.54) is 0 Å². The number of hydrogen-bond acceptors (Lipinski definition) is 5. The molecule has 7 N–H and O–H groups in total. The van der Waals surface area contributed by atoms with Gasteiger partial charge in [0.15, 0.2) is 5.96 Å². The summed E-state index contributed by atoms with van der Waals surface area (Å²) in [6.45, 7) is 4.30. The highest BCUT2D eigenvalue weighted by atomic mass is 79.9. The van der Waals surface area contributed by atoms with Gasteiger partial charge in [0.2, 0.25) is 5.91 Å². The number of rotatable bonds is 11. The Kier molecular flexibility index (Phi) is 11.5. The third-order valence-corrected chi connectivity index (χ3v) is 4.89. The molecule has 0 aliphatic carbocycles. The van der Waals surface area contributed by atoms with Crippen molar-refractivity contribution in [2.75, 3.05) is 13.6 Å². The van der Waals surface area contributed by atoms with Crippen molar-refractivity contribution in [1.29, 1.82) is 0 Å². The predicted octanol–water partition coefficient (Wildman–Crippen LogP) is 0.405. The first-order chi connectivity index (χ1) is 14.1. The largest absolute Gasteiger partial charge is 0.475 e. The lowest BCUT2D eigenvalue weighted by Gasteiger charge is -2.24. The first-order valence-electron chi connectivity index (χ1n) is 9.83. The number of amides is 2. The van der Waals surface area contributed by atoms with Crippen molar-refractivity contribution in [2.45, 2.75) is 45.1 Å². The molecule has 11 heteroatoms. The van der Waals surface area contributed by atoms with Gasteiger partial charge in [-0.2, -0.15) is 0 Å². The second kappa shape index (κ2) is 13.2. The number of guanidine groups is 1. The first kappa shape index (κ1) is 25.9. The fourth-order valence-corrected chi connectivity index (χ4v) is 3.02. The van der Waals surface area contributed by atoms with Crippen LogP contribution in [0, 0.1) is 5.92 Å². The van der Waals surface area contributed by atoms with Crippen molar-refractivity contribution in [1.82, 2.24) is 16.0 Å². The van der Waals surface area contributed by atoms with Crippen LogP contribution in [0.4, 0.5) is 0 Å². The van der Waals surface area contributed by atoms with Crippen molar-refractivity contribution in [2.24, 2.45) is 16.6 Å². The lowest BCUT2D eigenvalue weighted by molar-refractivity contribution is -0.123. The van der Waals surface area contributed by atoms with Gasteiger partial charge in [0.1, 0.15) is 6.04 Å². The Morgan fingerprint density at radius 3 is 2.37 bits per heavy atom. The van der Waals surface area contributed by atoms with Crippen LogP contribution < -0.4 is 21.7 Å². The fourth-order valence-electron chi connectivity index (χ4n) is 2.76. The number of aliphatic imine (C=N–C) groups is 1. The topological polar surface area (TPSA) is 149 Å². The van der Waals surface area contributed by atoms with Crippen LogP contribution in [0.15, 0.2) is 33.7 Å². The summed E-state index contributed by atoms with van der Waals surface area (Å²) in [5.74, 6) is -1.26. The molecule has 30 heavy (non-hydrogen) atoms. The minimum Gasteiger partial charge on any atom is -0.426 e. The quantitative estimate of drug-likeness (QED) is 0.116. The zero-order valence-corrected chi connectivity index (χ0v) is 19.1. The molecule has 1 aromatic carbocycles. The van der Waals surface area contributed by atoms with Crippen LogP contribution in [-0.2, 0) is 4.79 Å². The zero-order valence-electron chi connectivity index (χ0n) is 17.6. The highest BCUT2D eigenvalue weighted by Gasteiger charge is 2.29. The molecule has 2 atom stereocenters. The predicted molar refractivity (Wildman–Crippen MR) is 122 cm³/mol. The first-order valence-corrected chi connectivity index (χ1v) is 10.6. The Morgan fingerprint density at radius 2 is 1.83 bits per heavy atom. The average molecular weight is 484 g/mol. The summed E-state index contributed by atoms with van der Waals surface area (Å²) in [5, 5.41) is 27.5. The summed E-state index contributed by atoms with van der Waals surface area (Å²) < 4.78 is 0.836. The maximum atomic E-state index is 12.8. The maximum absolute atomic E-state index is 12.8. The summed E-state index contributed by atoms with van der Waals surface area (Å²) in [6, 6.07) is 5.92. The highest BCUT2D eigenvalue weighted by molar-refractivity contribution is 9.10. The molecule has 1 aromatic rings. The van der Waals surface area contributed by atoms with E-state index in [0.29, 0.717) is 31.4 Å². The second-order valence-electron chi connectivity index (χ2n) is 7.37. The molecule has 0 aliphatic heterocycles. The number of nitrogens with one attached hydrogen (secondary N) is 3. The molecule has 0 spiro atoms. The summed E-state index contributed by atoms with van der Waals surface area (Å²) in [7, 11) is -0.132. The van der Waals surface area contributed by atoms with Crippen LogP contribution in [0.5, 0.6) is 0 Å². The number of nitrogens with zero attached hydrogens (tertiary/aromatic N) is 1. The number of nitrogens with two attached hydrogens (primary N) is 1. The van der Waals surface area contributed by atoms with Gasteiger partial charge in [-0.15, -0.1) is 0 Å². The second-order valence-corrected chi connectivity index (χ2v) is 8.28. The van der Waals surface area contributed by atoms with Gasteiger partial charge in [0.05, 0.1) is 5.94 Å². The highest BCUT2D eigenvalue weighted by Crippen LogP contribution is 2.11. The van der Waals surface area contributed by atoms with Crippen LogP contribution in [0.3, 0.4) is 0 Å². The smallest absolute Gasteiger partial charge is 0.426 e. The maximum Gasteiger partial charge on any atom is 0.475 e. The molecular weight excluding hydrogens is 453 g/mol. The van der Waals surface area contributed by atoms with Crippen LogP contribution >= 0.6 is 15.9 Å². The molecule has 0 aromatic heterocycles. The molecule has 0 saturated carbocycles. The molecule has 0 radical (unpaired) electrons. The molecular formula is C19H31BBrN5O4. The van der Waals surface area contributed by atoms with Gasteiger partial charge < -0.3 is 31.7 Å². The monoisotopic (exact) mass is 483 g/mol. The fraction of sp³-hybridized carbons (Fsp3) is 0.526. The molecule has 2 amide bonds. The van der Waals surface area contributed by atoms with Crippen molar-refractivity contribution >= 4 is 40.8 Å². The van der Waals surface area contributed by atoms with E-state index in [4.69, 9.17) is 5.73 Å². The van der Waals surface area contributed by atoms with E-state index in [9.17, 15) is 19.6 Å². The van der Waals surface area contributed by atoms with E-state index in [1.54, 1.807) is 31.3 Å². The molecule has 0 fully saturated rings. The van der Waals surface area contributed by atoms with E-state index in [1.807, 2.05) is 13.8 Å². The molecule has 0 heterocycles.